The first-order valence-corrected chi connectivity index (χ1v) is 4.25. The van der Waals surface area contributed by atoms with E-state index in [1.165, 1.54) is 6.07 Å². The standard InChI is InChI=1S/C10H14FNO/c1-6-5-9(11)7(2)8(3-4-12)10(6)13/h5,13H,3-4,12H2,1-2H3. The Morgan fingerprint density at radius 3 is 2.62 bits per heavy atom. The van der Waals surface area contributed by atoms with E-state index in [0.29, 0.717) is 29.7 Å². The van der Waals surface area contributed by atoms with Gasteiger partial charge in [0.05, 0.1) is 0 Å². The van der Waals surface area contributed by atoms with E-state index in [1.54, 1.807) is 13.8 Å². The number of aromatic hydroxyl groups is 1. The first-order valence-electron chi connectivity index (χ1n) is 4.25. The summed E-state index contributed by atoms with van der Waals surface area (Å²) in [7, 11) is 0. The van der Waals surface area contributed by atoms with Crippen LogP contribution < -0.4 is 5.73 Å². The highest BCUT2D eigenvalue weighted by Gasteiger charge is 2.11. The second kappa shape index (κ2) is 3.75. The van der Waals surface area contributed by atoms with Crippen LogP contribution in [0.25, 0.3) is 0 Å². The number of nitrogens with two attached hydrogens (primary N) is 1. The third-order valence-electron chi connectivity index (χ3n) is 2.21. The maximum Gasteiger partial charge on any atom is 0.126 e. The SMILES string of the molecule is Cc1cc(F)c(C)c(CCN)c1O. The van der Waals surface area contributed by atoms with Crippen molar-refractivity contribution in [1.82, 2.24) is 0 Å². The molecule has 0 amide bonds. The van der Waals surface area contributed by atoms with E-state index in [1.807, 2.05) is 0 Å². The Morgan fingerprint density at radius 2 is 2.08 bits per heavy atom. The lowest BCUT2D eigenvalue weighted by Gasteiger charge is -2.10. The lowest BCUT2D eigenvalue weighted by Crippen LogP contribution is -2.06. The van der Waals surface area contributed by atoms with Gasteiger partial charge in [0.25, 0.3) is 0 Å². The van der Waals surface area contributed by atoms with Crippen LogP contribution in [0, 0.1) is 19.7 Å². The molecule has 0 atom stereocenters. The minimum atomic E-state index is -0.279. The second-order valence-electron chi connectivity index (χ2n) is 3.17. The highest BCUT2D eigenvalue weighted by molar-refractivity contribution is 5.45. The molecule has 0 aliphatic rings. The van der Waals surface area contributed by atoms with Crippen LogP contribution in [0.15, 0.2) is 6.07 Å². The van der Waals surface area contributed by atoms with Gasteiger partial charge in [0.15, 0.2) is 0 Å². The van der Waals surface area contributed by atoms with E-state index in [0.717, 1.165) is 0 Å². The van der Waals surface area contributed by atoms with Crippen LogP contribution in [0.4, 0.5) is 4.39 Å². The monoisotopic (exact) mass is 183 g/mol. The molecule has 72 valence electrons. The summed E-state index contributed by atoms with van der Waals surface area (Å²) in [6.45, 7) is 3.74. The van der Waals surface area contributed by atoms with Crippen molar-refractivity contribution in [2.24, 2.45) is 5.73 Å². The molecule has 0 saturated carbocycles. The number of hydrogen-bond donors (Lipinski definition) is 2. The van der Waals surface area contributed by atoms with Gasteiger partial charge in [-0.05, 0) is 44.0 Å². The first kappa shape index (κ1) is 9.99. The average molecular weight is 183 g/mol. The zero-order valence-electron chi connectivity index (χ0n) is 7.89. The zero-order valence-corrected chi connectivity index (χ0v) is 7.89. The van der Waals surface area contributed by atoms with Crippen molar-refractivity contribution in [2.75, 3.05) is 6.54 Å². The summed E-state index contributed by atoms with van der Waals surface area (Å²) < 4.78 is 13.2. The van der Waals surface area contributed by atoms with E-state index in [4.69, 9.17) is 5.73 Å². The zero-order chi connectivity index (χ0) is 10.0. The van der Waals surface area contributed by atoms with E-state index in [2.05, 4.69) is 0 Å². The summed E-state index contributed by atoms with van der Waals surface area (Å²) in [6.07, 6.45) is 0.510. The van der Waals surface area contributed by atoms with Gasteiger partial charge >= 0.3 is 0 Å². The minimum absolute atomic E-state index is 0.171. The van der Waals surface area contributed by atoms with Crippen LogP contribution in [-0.4, -0.2) is 11.7 Å². The summed E-state index contributed by atoms with van der Waals surface area (Å²) >= 11 is 0. The molecule has 0 spiro atoms. The van der Waals surface area contributed by atoms with Gasteiger partial charge in [-0.15, -0.1) is 0 Å². The van der Waals surface area contributed by atoms with Crippen LogP contribution in [-0.2, 0) is 6.42 Å². The van der Waals surface area contributed by atoms with Gasteiger partial charge < -0.3 is 10.8 Å². The first-order chi connectivity index (χ1) is 6.07. The Balaban J connectivity index is 3.28. The minimum Gasteiger partial charge on any atom is -0.507 e. The third kappa shape index (κ3) is 1.80. The summed E-state index contributed by atoms with van der Waals surface area (Å²) in [5.74, 6) is -0.108. The molecule has 3 heteroatoms. The number of halogens is 1. The molecule has 0 bridgehead atoms. The Bertz CT molecular complexity index is 297. The van der Waals surface area contributed by atoms with Gasteiger partial charge in [-0.1, -0.05) is 0 Å². The van der Waals surface area contributed by atoms with E-state index in [9.17, 15) is 9.50 Å². The fourth-order valence-electron chi connectivity index (χ4n) is 1.38. The van der Waals surface area contributed by atoms with Crippen molar-refractivity contribution in [3.05, 3.63) is 28.6 Å². The maximum absolute atomic E-state index is 13.2. The number of phenolic OH excluding ortho intramolecular Hbond substituents is 1. The lowest BCUT2D eigenvalue weighted by atomic mass is 10.0. The molecule has 0 heterocycles. The fourth-order valence-corrected chi connectivity index (χ4v) is 1.38. The molecule has 0 unspecified atom stereocenters. The van der Waals surface area contributed by atoms with Crippen molar-refractivity contribution in [1.29, 1.82) is 0 Å². The number of rotatable bonds is 2. The molecule has 1 rings (SSSR count). The molecular formula is C10H14FNO. The molecule has 1 aromatic rings. The molecule has 1 aromatic carbocycles. The third-order valence-corrected chi connectivity index (χ3v) is 2.21. The molecule has 0 fully saturated rings. The topological polar surface area (TPSA) is 46.2 Å². The predicted molar refractivity (Wildman–Crippen MR) is 50.3 cm³/mol. The number of phenols is 1. The fraction of sp³-hybridized carbons (Fsp3) is 0.400. The Labute approximate surface area is 77.2 Å². The molecule has 13 heavy (non-hydrogen) atoms. The smallest absolute Gasteiger partial charge is 0.126 e. The van der Waals surface area contributed by atoms with Gasteiger partial charge in [-0.25, -0.2) is 4.39 Å². The van der Waals surface area contributed by atoms with Crippen molar-refractivity contribution in [2.45, 2.75) is 20.3 Å². The Morgan fingerprint density at radius 1 is 1.46 bits per heavy atom. The summed E-state index contributed by atoms with van der Waals surface area (Å²) in [6, 6.07) is 1.34. The van der Waals surface area contributed by atoms with E-state index >= 15 is 0 Å². The van der Waals surface area contributed by atoms with Crippen molar-refractivity contribution in [3.8, 4) is 5.75 Å². The lowest BCUT2D eigenvalue weighted by molar-refractivity contribution is 0.459. The van der Waals surface area contributed by atoms with Crippen molar-refractivity contribution < 1.29 is 9.50 Å². The van der Waals surface area contributed by atoms with Gasteiger partial charge in [-0.2, -0.15) is 0 Å². The quantitative estimate of drug-likeness (QED) is 0.732. The summed E-state index contributed by atoms with van der Waals surface area (Å²) in [5.41, 5.74) is 7.05. The summed E-state index contributed by atoms with van der Waals surface area (Å²) in [4.78, 5) is 0. The van der Waals surface area contributed by atoms with Gasteiger partial charge in [0, 0.05) is 5.56 Å². The highest BCUT2D eigenvalue weighted by atomic mass is 19.1. The van der Waals surface area contributed by atoms with Crippen LogP contribution >= 0.6 is 0 Å². The van der Waals surface area contributed by atoms with Crippen molar-refractivity contribution in [3.63, 3.8) is 0 Å². The van der Waals surface area contributed by atoms with Crippen LogP contribution in [0.5, 0.6) is 5.75 Å². The number of aryl methyl sites for hydroxylation is 1. The van der Waals surface area contributed by atoms with Crippen LogP contribution in [0.1, 0.15) is 16.7 Å². The molecule has 2 nitrogen and oxygen atoms in total. The van der Waals surface area contributed by atoms with Crippen molar-refractivity contribution >= 4 is 0 Å². The summed E-state index contributed by atoms with van der Waals surface area (Å²) in [5, 5.41) is 9.61. The van der Waals surface area contributed by atoms with Gasteiger partial charge in [0.1, 0.15) is 11.6 Å². The molecular weight excluding hydrogens is 169 g/mol. The van der Waals surface area contributed by atoms with Gasteiger partial charge in [-0.3, -0.25) is 0 Å². The molecule has 0 saturated heterocycles. The molecule has 0 aliphatic carbocycles. The van der Waals surface area contributed by atoms with Crippen LogP contribution in [0.2, 0.25) is 0 Å². The molecule has 0 aliphatic heterocycles. The second-order valence-corrected chi connectivity index (χ2v) is 3.17. The Kier molecular flexibility index (Phi) is 2.88. The Hall–Kier alpha value is -1.09. The van der Waals surface area contributed by atoms with E-state index in [-0.39, 0.29) is 11.6 Å². The normalized spacial score (nSPS) is 10.5. The maximum atomic E-state index is 13.2. The van der Waals surface area contributed by atoms with Crippen LogP contribution in [0.3, 0.4) is 0 Å². The molecule has 0 radical (unpaired) electrons. The van der Waals surface area contributed by atoms with Gasteiger partial charge in [0.2, 0.25) is 0 Å². The molecule has 0 aromatic heterocycles. The number of benzene rings is 1. The average Bonchev–Trinajstić information content (AvgIpc) is 2.09. The van der Waals surface area contributed by atoms with E-state index < -0.39 is 0 Å². The largest absolute Gasteiger partial charge is 0.507 e. The molecule has 3 N–H and O–H groups in total. The highest BCUT2D eigenvalue weighted by Crippen LogP contribution is 2.27. The number of hydrogen-bond acceptors (Lipinski definition) is 2. The predicted octanol–water partition coefficient (Wildman–Crippen LogP) is 1.65.